The molecule has 0 radical (unpaired) electrons. The minimum atomic E-state index is -0.0440. The lowest BCUT2D eigenvalue weighted by Gasteiger charge is -2.58. The summed E-state index contributed by atoms with van der Waals surface area (Å²) >= 11 is 0. The van der Waals surface area contributed by atoms with E-state index < -0.39 is 0 Å². The Labute approximate surface area is 177 Å². The summed E-state index contributed by atoms with van der Waals surface area (Å²) < 4.78 is 0. The van der Waals surface area contributed by atoms with Crippen LogP contribution in [0.1, 0.15) is 80.1 Å². The Morgan fingerprint density at radius 3 is 2.59 bits per heavy atom. The van der Waals surface area contributed by atoms with Gasteiger partial charge in [-0.2, -0.15) is 0 Å². The van der Waals surface area contributed by atoms with Crippen LogP contribution in [0.3, 0.4) is 0 Å². The topological polar surface area (TPSA) is 46.2 Å². The van der Waals surface area contributed by atoms with E-state index in [-0.39, 0.29) is 22.4 Å². The highest BCUT2D eigenvalue weighted by molar-refractivity contribution is 6.19. The fraction of sp³-hybridized carbons (Fsp3) is 0.692. The van der Waals surface area contributed by atoms with Gasteiger partial charge in [-0.1, -0.05) is 52.7 Å². The highest BCUT2D eigenvalue weighted by atomic mass is 16.1. The summed E-state index contributed by atoms with van der Waals surface area (Å²) in [7, 11) is 0. The quantitative estimate of drug-likeness (QED) is 0.457. The van der Waals surface area contributed by atoms with Gasteiger partial charge in [-0.15, -0.1) is 0 Å². The zero-order valence-corrected chi connectivity index (χ0v) is 19.2. The van der Waals surface area contributed by atoms with Crippen LogP contribution in [0.5, 0.6) is 0 Å². The highest BCUT2D eigenvalue weighted by Crippen LogP contribution is 2.62. The lowest BCUT2D eigenvalue weighted by Crippen LogP contribution is -2.50. The second-order valence-corrected chi connectivity index (χ2v) is 10.4. The molecule has 29 heavy (non-hydrogen) atoms. The van der Waals surface area contributed by atoms with Crippen molar-refractivity contribution in [3.05, 3.63) is 35.1 Å². The van der Waals surface area contributed by atoms with E-state index in [4.69, 9.17) is 0 Å². The molecule has 0 bridgehead atoms. The molecule has 0 aromatic carbocycles. The summed E-state index contributed by atoms with van der Waals surface area (Å²) in [6, 6.07) is 0. The van der Waals surface area contributed by atoms with Crippen molar-refractivity contribution >= 4 is 11.6 Å². The first-order valence-electron chi connectivity index (χ1n) is 11.5. The third kappa shape index (κ3) is 4.02. The Morgan fingerprint density at radius 1 is 1.17 bits per heavy atom. The van der Waals surface area contributed by atoms with Crippen LogP contribution < -0.4 is 5.32 Å². The van der Waals surface area contributed by atoms with Crippen LogP contribution >= 0.6 is 0 Å². The Balaban J connectivity index is 1.81. The molecule has 0 spiro atoms. The molecule has 3 nitrogen and oxygen atoms in total. The zero-order chi connectivity index (χ0) is 21.4. The number of hydrogen-bond donors (Lipinski definition) is 1. The summed E-state index contributed by atoms with van der Waals surface area (Å²) in [5.41, 5.74) is 2.95. The molecule has 3 aliphatic carbocycles. The Kier molecular flexibility index (Phi) is 6.27. The lowest BCUT2D eigenvalue weighted by molar-refractivity contribution is -0.116. The van der Waals surface area contributed by atoms with Gasteiger partial charge in [-0.25, -0.2) is 0 Å². The van der Waals surface area contributed by atoms with Crippen molar-refractivity contribution in [2.24, 2.45) is 28.6 Å². The normalized spacial score (nSPS) is 36.0. The molecule has 0 amide bonds. The lowest BCUT2D eigenvalue weighted by atomic mass is 9.46. The highest BCUT2D eigenvalue weighted by Gasteiger charge is 2.53. The van der Waals surface area contributed by atoms with E-state index in [1.165, 1.54) is 24.8 Å². The summed E-state index contributed by atoms with van der Waals surface area (Å²) in [5.74, 6) is 1.55. The first-order valence-corrected chi connectivity index (χ1v) is 11.5. The fourth-order valence-corrected chi connectivity index (χ4v) is 5.93. The van der Waals surface area contributed by atoms with Gasteiger partial charge in [0.2, 0.25) is 5.78 Å². The standard InChI is InChI=1S/C26H39NO2/c1-7-17(2)16-27-21-14-22(28)20(13-23(21)29)15-26(6)19(4)11-12-25(5)18(3)9-8-10-24(25)26/h9,13-14,17,19,24,27H,7-8,10-12,15-16H2,1-6H3/t17-,19-,24+,25+,26+/m0/s1. The van der Waals surface area contributed by atoms with Crippen LogP contribution in [0.15, 0.2) is 35.1 Å². The number of hydrogen-bond acceptors (Lipinski definition) is 3. The van der Waals surface area contributed by atoms with E-state index in [9.17, 15) is 9.59 Å². The number of ketones is 2. The van der Waals surface area contributed by atoms with Gasteiger partial charge in [-0.3, -0.25) is 9.59 Å². The maximum absolute atomic E-state index is 12.9. The molecule has 1 fully saturated rings. The maximum atomic E-state index is 12.9. The van der Waals surface area contributed by atoms with Crippen LogP contribution in [0, 0.1) is 28.6 Å². The second kappa shape index (κ2) is 8.24. The minimum Gasteiger partial charge on any atom is -0.382 e. The molecule has 3 rings (SSSR count). The molecule has 160 valence electrons. The third-order valence-electron chi connectivity index (χ3n) is 8.67. The summed E-state index contributed by atoms with van der Waals surface area (Å²) in [6.07, 6.45) is 12.1. The number of carbonyl (C=O) groups is 2. The Morgan fingerprint density at radius 2 is 1.90 bits per heavy atom. The molecule has 0 heterocycles. The predicted molar refractivity (Wildman–Crippen MR) is 119 cm³/mol. The average molecular weight is 398 g/mol. The van der Waals surface area contributed by atoms with Crippen LogP contribution in [0.25, 0.3) is 0 Å². The largest absolute Gasteiger partial charge is 0.382 e. The molecule has 0 saturated heterocycles. The van der Waals surface area contributed by atoms with E-state index in [2.05, 4.69) is 52.9 Å². The first kappa shape index (κ1) is 22.1. The van der Waals surface area contributed by atoms with E-state index in [0.717, 1.165) is 19.4 Å². The summed E-state index contributed by atoms with van der Waals surface area (Å²) in [5, 5.41) is 3.19. The van der Waals surface area contributed by atoms with Gasteiger partial charge in [0, 0.05) is 18.2 Å². The number of allylic oxidation sites excluding steroid dienone is 5. The Bertz CT molecular complexity index is 774. The molecule has 3 aliphatic rings. The van der Waals surface area contributed by atoms with Crippen molar-refractivity contribution in [1.29, 1.82) is 0 Å². The predicted octanol–water partition coefficient (Wildman–Crippen LogP) is 5.77. The van der Waals surface area contributed by atoms with E-state index >= 15 is 0 Å². The van der Waals surface area contributed by atoms with Gasteiger partial charge >= 0.3 is 0 Å². The molecule has 0 unspecified atom stereocenters. The third-order valence-corrected chi connectivity index (χ3v) is 8.67. The van der Waals surface area contributed by atoms with Crippen molar-refractivity contribution in [3.63, 3.8) is 0 Å². The molecule has 1 saturated carbocycles. The SMILES string of the molecule is CC[C@H](C)CNC1=CC(=O)C(C[C@]2(C)[C@@H](C)CC[C@]3(C)C(C)=CCC[C@@H]23)=CC1=O. The van der Waals surface area contributed by atoms with E-state index in [0.29, 0.717) is 35.4 Å². The van der Waals surface area contributed by atoms with Crippen molar-refractivity contribution < 1.29 is 9.59 Å². The monoisotopic (exact) mass is 397 g/mol. The zero-order valence-electron chi connectivity index (χ0n) is 19.2. The number of carbonyl (C=O) groups excluding carboxylic acids is 2. The summed E-state index contributed by atoms with van der Waals surface area (Å²) in [4.78, 5) is 25.7. The molecule has 5 atom stereocenters. The maximum Gasteiger partial charge on any atom is 0.202 e. The van der Waals surface area contributed by atoms with Crippen LogP contribution in [-0.2, 0) is 9.59 Å². The number of nitrogens with one attached hydrogen (secondary N) is 1. The van der Waals surface area contributed by atoms with Crippen LogP contribution in [0.4, 0.5) is 0 Å². The fourth-order valence-electron chi connectivity index (χ4n) is 5.93. The van der Waals surface area contributed by atoms with Crippen molar-refractivity contribution in [2.45, 2.75) is 80.1 Å². The molecular formula is C26H39NO2. The van der Waals surface area contributed by atoms with Crippen LogP contribution in [0.2, 0.25) is 0 Å². The molecule has 0 aromatic heterocycles. The van der Waals surface area contributed by atoms with Crippen molar-refractivity contribution in [2.75, 3.05) is 6.54 Å². The average Bonchev–Trinajstić information content (AvgIpc) is 2.68. The van der Waals surface area contributed by atoms with Gasteiger partial charge < -0.3 is 5.32 Å². The van der Waals surface area contributed by atoms with Gasteiger partial charge in [-0.05, 0) is 73.7 Å². The van der Waals surface area contributed by atoms with Crippen molar-refractivity contribution in [1.82, 2.24) is 5.32 Å². The van der Waals surface area contributed by atoms with Crippen LogP contribution in [-0.4, -0.2) is 18.1 Å². The van der Waals surface area contributed by atoms with E-state index in [1.807, 2.05) is 0 Å². The Hall–Kier alpha value is -1.64. The first-order chi connectivity index (χ1) is 13.6. The second-order valence-electron chi connectivity index (χ2n) is 10.4. The molecule has 3 heteroatoms. The van der Waals surface area contributed by atoms with Crippen molar-refractivity contribution in [3.8, 4) is 0 Å². The summed E-state index contributed by atoms with van der Waals surface area (Å²) in [6.45, 7) is 14.4. The molecular weight excluding hydrogens is 358 g/mol. The number of rotatable bonds is 6. The van der Waals surface area contributed by atoms with Gasteiger partial charge in [0.15, 0.2) is 5.78 Å². The van der Waals surface area contributed by atoms with Gasteiger partial charge in [0.25, 0.3) is 0 Å². The molecule has 0 aliphatic heterocycles. The smallest absolute Gasteiger partial charge is 0.202 e. The van der Waals surface area contributed by atoms with Gasteiger partial charge in [0.1, 0.15) is 0 Å². The molecule has 0 aromatic rings. The number of fused-ring (bicyclic) bond motifs is 1. The van der Waals surface area contributed by atoms with Gasteiger partial charge in [0.05, 0.1) is 5.70 Å². The van der Waals surface area contributed by atoms with E-state index in [1.54, 1.807) is 12.2 Å². The minimum absolute atomic E-state index is 0.0139. The molecule has 1 N–H and O–H groups in total.